The van der Waals surface area contributed by atoms with Crippen LogP contribution in [0.15, 0.2) is 35.5 Å². The van der Waals surface area contributed by atoms with Crippen LogP contribution in [-0.4, -0.2) is 27.1 Å². The van der Waals surface area contributed by atoms with Crippen molar-refractivity contribution in [1.82, 2.24) is 0 Å². The van der Waals surface area contributed by atoms with Crippen molar-refractivity contribution in [1.29, 1.82) is 0 Å². The van der Waals surface area contributed by atoms with Crippen LogP contribution in [0.2, 0.25) is 0 Å². The number of aryl methyl sites for hydroxylation is 2. The van der Waals surface area contributed by atoms with E-state index in [4.69, 9.17) is 14.2 Å². The Hall–Kier alpha value is -3.15. The minimum Gasteiger partial charge on any atom is -0.493 e. The number of carbonyl (C=O) groups is 1. The highest BCUT2D eigenvalue weighted by atomic mass is 16.5. The zero-order chi connectivity index (χ0) is 23.2. The van der Waals surface area contributed by atoms with E-state index in [0.717, 1.165) is 34.6 Å². The molecule has 6 nitrogen and oxygen atoms in total. The van der Waals surface area contributed by atoms with E-state index in [0.29, 0.717) is 23.7 Å². The molecule has 0 fully saturated rings. The van der Waals surface area contributed by atoms with E-state index in [1.165, 1.54) is 11.1 Å². The molecule has 1 aliphatic carbocycles. The van der Waals surface area contributed by atoms with Crippen LogP contribution in [0.25, 0.3) is 0 Å². The maximum Gasteiger partial charge on any atom is 0.203 e. The summed E-state index contributed by atoms with van der Waals surface area (Å²) >= 11 is 0. The number of allylic oxidation sites excluding steroid dienone is 1. The summed E-state index contributed by atoms with van der Waals surface area (Å²) in [5.41, 5.74) is 6.75. The van der Waals surface area contributed by atoms with Crippen LogP contribution in [0.4, 0.5) is 11.4 Å². The fourth-order valence-corrected chi connectivity index (χ4v) is 4.80. The molecule has 2 aromatic rings. The Morgan fingerprint density at radius 3 is 2.19 bits per heavy atom. The smallest absolute Gasteiger partial charge is 0.203 e. The third-order valence-electron chi connectivity index (χ3n) is 6.47. The quantitative estimate of drug-likeness (QED) is 0.655. The van der Waals surface area contributed by atoms with Crippen LogP contribution in [-0.2, 0) is 4.79 Å². The molecular formula is C26H32N2O4. The maximum atomic E-state index is 13.5. The minimum atomic E-state index is -0.390. The van der Waals surface area contributed by atoms with Gasteiger partial charge < -0.3 is 24.8 Å². The Labute approximate surface area is 189 Å². The topological polar surface area (TPSA) is 68.8 Å². The van der Waals surface area contributed by atoms with Gasteiger partial charge in [0.25, 0.3) is 0 Å². The number of ketones is 1. The summed E-state index contributed by atoms with van der Waals surface area (Å²) in [5.74, 6) is 1.79. The van der Waals surface area contributed by atoms with Crippen molar-refractivity contribution in [2.75, 3.05) is 32.0 Å². The number of fused-ring (bicyclic) bond motifs is 1. The van der Waals surface area contributed by atoms with Crippen molar-refractivity contribution in [3.8, 4) is 17.2 Å². The van der Waals surface area contributed by atoms with Crippen molar-refractivity contribution >= 4 is 17.2 Å². The number of methoxy groups -OCH3 is 3. The summed E-state index contributed by atoms with van der Waals surface area (Å²) < 4.78 is 16.9. The van der Waals surface area contributed by atoms with Crippen molar-refractivity contribution in [2.45, 2.75) is 46.6 Å². The SMILES string of the molecule is COc1ccc([C@@H]2Nc3cc(C)c(C)cc3NC3=C2C(=O)CC(C)(C)C3)c(OC)c1OC. The molecule has 0 amide bonds. The first-order valence-corrected chi connectivity index (χ1v) is 10.9. The molecule has 0 unspecified atom stereocenters. The number of hydrogen-bond acceptors (Lipinski definition) is 6. The zero-order valence-corrected chi connectivity index (χ0v) is 19.9. The molecule has 0 saturated heterocycles. The molecule has 1 heterocycles. The van der Waals surface area contributed by atoms with E-state index in [9.17, 15) is 4.79 Å². The molecule has 2 aliphatic rings. The van der Waals surface area contributed by atoms with Crippen LogP contribution < -0.4 is 24.8 Å². The second kappa shape index (κ2) is 8.08. The van der Waals surface area contributed by atoms with Gasteiger partial charge in [0.15, 0.2) is 17.3 Å². The number of hydrogen-bond donors (Lipinski definition) is 2. The van der Waals surface area contributed by atoms with Gasteiger partial charge in [0, 0.05) is 23.3 Å². The second-order valence-electron chi connectivity index (χ2n) is 9.44. The highest BCUT2D eigenvalue weighted by Crippen LogP contribution is 2.50. The summed E-state index contributed by atoms with van der Waals surface area (Å²) in [6.45, 7) is 8.47. The zero-order valence-electron chi connectivity index (χ0n) is 19.9. The van der Waals surface area contributed by atoms with Crippen molar-refractivity contribution in [3.63, 3.8) is 0 Å². The molecular weight excluding hydrogens is 404 g/mol. The average molecular weight is 437 g/mol. The molecule has 2 aromatic carbocycles. The first kappa shape index (κ1) is 22.1. The van der Waals surface area contributed by atoms with Crippen LogP contribution in [0.5, 0.6) is 17.2 Å². The molecule has 0 spiro atoms. The Morgan fingerprint density at radius 2 is 1.56 bits per heavy atom. The second-order valence-corrected chi connectivity index (χ2v) is 9.44. The number of anilines is 2. The molecule has 0 bridgehead atoms. The molecule has 4 rings (SSSR count). The normalized spacial score (nSPS) is 19.2. The lowest BCUT2D eigenvalue weighted by molar-refractivity contribution is -0.118. The number of Topliss-reactive ketones (excluding diaryl/α,β-unsaturated/α-hetero) is 1. The van der Waals surface area contributed by atoms with Crippen LogP contribution >= 0.6 is 0 Å². The monoisotopic (exact) mass is 436 g/mol. The lowest BCUT2D eigenvalue weighted by Gasteiger charge is -2.34. The van der Waals surface area contributed by atoms with Gasteiger partial charge in [-0.1, -0.05) is 13.8 Å². The summed E-state index contributed by atoms with van der Waals surface area (Å²) in [6.07, 6.45) is 1.28. The first-order chi connectivity index (χ1) is 15.2. The Kier molecular flexibility index (Phi) is 5.57. The number of carbonyl (C=O) groups excluding carboxylic acids is 1. The van der Waals surface area contributed by atoms with Gasteiger partial charge in [0.2, 0.25) is 5.75 Å². The van der Waals surface area contributed by atoms with Gasteiger partial charge in [0.05, 0.1) is 38.7 Å². The van der Waals surface area contributed by atoms with Gasteiger partial charge in [0.1, 0.15) is 0 Å². The molecule has 0 aromatic heterocycles. The predicted molar refractivity (Wildman–Crippen MR) is 127 cm³/mol. The first-order valence-electron chi connectivity index (χ1n) is 10.9. The maximum absolute atomic E-state index is 13.5. The number of benzene rings is 2. The fourth-order valence-electron chi connectivity index (χ4n) is 4.80. The van der Waals surface area contributed by atoms with Crippen LogP contribution in [0, 0.1) is 19.3 Å². The summed E-state index contributed by atoms with van der Waals surface area (Å²) in [4.78, 5) is 13.5. The van der Waals surface area contributed by atoms with Crippen molar-refractivity contribution < 1.29 is 19.0 Å². The summed E-state index contributed by atoms with van der Waals surface area (Å²) in [5, 5.41) is 7.25. The van der Waals surface area contributed by atoms with Gasteiger partial charge in [-0.25, -0.2) is 0 Å². The standard InChI is InChI=1S/C26H32N2O4/c1-14-10-17-18(11-15(14)2)28-23(22-19(27-17)12-26(3,4)13-20(22)29)16-8-9-21(30-5)25(32-7)24(16)31-6/h8-11,23,27-28H,12-13H2,1-7H3/t23-/m0/s1. The van der Waals surface area contributed by atoms with Crippen molar-refractivity contribution in [2.24, 2.45) is 5.41 Å². The van der Waals surface area contributed by atoms with E-state index in [1.807, 2.05) is 12.1 Å². The molecule has 6 heteroatoms. The lowest BCUT2D eigenvalue weighted by atomic mass is 9.73. The fraction of sp³-hybridized carbons (Fsp3) is 0.423. The van der Waals surface area contributed by atoms with Gasteiger partial charge in [-0.3, -0.25) is 4.79 Å². The Bertz CT molecular complexity index is 1120. The molecule has 170 valence electrons. The molecule has 0 saturated carbocycles. The highest BCUT2D eigenvalue weighted by Gasteiger charge is 2.40. The third kappa shape index (κ3) is 3.68. The van der Waals surface area contributed by atoms with Gasteiger partial charge >= 0.3 is 0 Å². The van der Waals surface area contributed by atoms with E-state index >= 15 is 0 Å². The molecule has 0 radical (unpaired) electrons. The lowest BCUT2D eigenvalue weighted by Crippen LogP contribution is -2.31. The number of ether oxygens (including phenoxy) is 3. The number of nitrogens with one attached hydrogen (secondary N) is 2. The summed E-state index contributed by atoms with van der Waals surface area (Å²) in [6, 6.07) is 7.69. The van der Waals surface area contributed by atoms with Crippen LogP contribution in [0.1, 0.15) is 49.4 Å². The van der Waals surface area contributed by atoms with Gasteiger partial charge in [-0.2, -0.15) is 0 Å². The molecule has 2 N–H and O–H groups in total. The highest BCUT2D eigenvalue weighted by molar-refractivity contribution is 6.01. The van der Waals surface area contributed by atoms with E-state index in [2.05, 4.69) is 50.5 Å². The predicted octanol–water partition coefficient (Wildman–Crippen LogP) is 5.55. The van der Waals surface area contributed by atoms with E-state index in [-0.39, 0.29) is 17.2 Å². The number of rotatable bonds is 4. The largest absolute Gasteiger partial charge is 0.493 e. The molecule has 1 aliphatic heterocycles. The van der Waals surface area contributed by atoms with E-state index < -0.39 is 0 Å². The summed E-state index contributed by atoms with van der Waals surface area (Å²) in [7, 11) is 4.80. The van der Waals surface area contributed by atoms with Gasteiger partial charge in [-0.15, -0.1) is 0 Å². The van der Waals surface area contributed by atoms with Crippen molar-refractivity contribution in [3.05, 3.63) is 52.2 Å². The van der Waals surface area contributed by atoms with E-state index in [1.54, 1.807) is 21.3 Å². The van der Waals surface area contributed by atoms with Crippen LogP contribution in [0.3, 0.4) is 0 Å². The molecule has 32 heavy (non-hydrogen) atoms. The third-order valence-corrected chi connectivity index (χ3v) is 6.47. The molecule has 1 atom stereocenters. The Balaban J connectivity index is 1.97. The Morgan fingerprint density at radius 1 is 0.906 bits per heavy atom. The average Bonchev–Trinajstić information content (AvgIpc) is 2.88. The van der Waals surface area contributed by atoms with Gasteiger partial charge in [-0.05, 0) is 61.1 Å². The minimum absolute atomic E-state index is 0.112.